The second-order valence-electron chi connectivity index (χ2n) is 5.61. The minimum atomic E-state index is -3.22. The van der Waals surface area contributed by atoms with Gasteiger partial charge in [0.15, 0.2) is 9.84 Å². The molecule has 0 aliphatic carbocycles. The first-order valence-corrected chi connectivity index (χ1v) is 8.50. The predicted molar refractivity (Wildman–Crippen MR) is 83.0 cm³/mol. The van der Waals surface area contributed by atoms with Crippen molar-refractivity contribution in [3.05, 3.63) is 24.3 Å². The molecule has 0 bridgehead atoms. The van der Waals surface area contributed by atoms with Crippen LogP contribution < -0.4 is 5.32 Å². The number of para-hydroxylation sites is 1. The molecule has 0 spiro atoms. The van der Waals surface area contributed by atoms with Crippen LogP contribution in [0.2, 0.25) is 0 Å². The van der Waals surface area contributed by atoms with Crippen LogP contribution in [0.3, 0.4) is 0 Å². The first kappa shape index (κ1) is 17.0. The lowest BCUT2D eigenvalue weighted by atomic mass is 10.00. The lowest BCUT2D eigenvalue weighted by molar-refractivity contribution is 0.0128. The molecule has 0 fully saturated rings. The van der Waals surface area contributed by atoms with Gasteiger partial charge in [-0.1, -0.05) is 19.1 Å². The third-order valence-electron chi connectivity index (χ3n) is 3.35. The Morgan fingerprint density at radius 3 is 2.45 bits per heavy atom. The lowest BCUT2D eigenvalue weighted by Crippen LogP contribution is -2.31. The zero-order valence-corrected chi connectivity index (χ0v) is 13.8. The van der Waals surface area contributed by atoms with Crippen LogP contribution in [0.1, 0.15) is 34.1 Å². The number of hydrogen-bond acceptors (Lipinski definition) is 4. The molecule has 4 nitrogen and oxygen atoms in total. The van der Waals surface area contributed by atoms with Crippen molar-refractivity contribution >= 4 is 15.5 Å². The molecule has 114 valence electrons. The van der Waals surface area contributed by atoms with E-state index in [0.29, 0.717) is 10.6 Å². The van der Waals surface area contributed by atoms with Gasteiger partial charge >= 0.3 is 0 Å². The monoisotopic (exact) mass is 299 g/mol. The second kappa shape index (κ2) is 6.59. The number of benzene rings is 1. The number of ether oxygens (including phenoxy) is 1. The molecule has 5 heteroatoms. The third kappa shape index (κ3) is 4.49. The van der Waals surface area contributed by atoms with Crippen LogP contribution in [0.5, 0.6) is 0 Å². The number of hydrogen-bond donors (Lipinski definition) is 1. The predicted octanol–water partition coefficient (Wildman–Crippen LogP) is 3.10. The molecule has 1 unspecified atom stereocenters. The Morgan fingerprint density at radius 1 is 1.30 bits per heavy atom. The summed E-state index contributed by atoms with van der Waals surface area (Å²) in [6.45, 7) is 7.71. The summed E-state index contributed by atoms with van der Waals surface area (Å²) in [5.41, 5.74) is 0.416. The summed E-state index contributed by atoms with van der Waals surface area (Å²) >= 11 is 0. The molecule has 20 heavy (non-hydrogen) atoms. The fourth-order valence-corrected chi connectivity index (χ4v) is 3.21. The zero-order valence-electron chi connectivity index (χ0n) is 12.9. The average Bonchev–Trinajstić information content (AvgIpc) is 2.38. The molecular formula is C15H25NO3S. The highest BCUT2D eigenvalue weighted by molar-refractivity contribution is 7.91. The number of rotatable bonds is 7. The van der Waals surface area contributed by atoms with Crippen LogP contribution >= 0.6 is 0 Å². The molecule has 1 rings (SSSR count). The van der Waals surface area contributed by atoms with E-state index in [1.54, 1.807) is 32.2 Å². The maximum absolute atomic E-state index is 12.1. The Kier molecular flexibility index (Phi) is 5.59. The van der Waals surface area contributed by atoms with Crippen molar-refractivity contribution < 1.29 is 13.2 Å². The van der Waals surface area contributed by atoms with Crippen molar-refractivity contribution in [3.63, 3.8) is 0 Å². The van der Waals surface area contributed by atoms with E-state index in [-0.39, 0.29) is 17.4 Å². The van der Waals surface area contributed by atoms with E-state index in [2.05, 4.69) is 5.32 Å². The summed E-state index contributed by atoms with van der Waals surface area (Å²) in [6, 6.07) is 7.15. The second-order valence-corrected chi connectivity index (χ2v) is 7.86. The summed E-state index contributed by atoms with van der Waals surface area (Å²) in [5.74, 6) is 0.101. The third-order valence-corrected chi connectivity index (χ3v) is 5.14. The van der Waals surface area contributed by atoms with E-state index >= 15 is 0 Å². The van der Waals surface area contributed by atoms with Gasteiger partial charge in [0.05, 0.1) is 21.9 Å². The number of methoxy groups -OCH3 is 1. The molecule has 0 aromatic heterocycles. The van der Waals surface area contributed by atoms with Gasteiger partial charge in [0, 0.05) is 13.2 Å². The minimum Gasteiger partial charge on any atom is -0.381 e. The Balaban J connectivity index is 2.94. The van der Waals surface area contributed by atoms with Gasteiger partial charge in [-0.3, -0.25) is 0 Å². The van der Waals surface area contributed by atoms with Crippen LogP contribution in [0.15, 0.2) is 29.2 Å². The largest absolute Gasteiger partial charge is 0.381 e. The fraction of sp³-hybridized carbons (Fsp3) is 0.600. The maximum atomic E-state index is 12.1. The molecule has 1 aromatic carbocycles. The van der Waals surface area contributed by atoms with Crippen molar-refractivity contribution in [3.8, 4) is 0 Å². The Hall–Kier alpha value is -1.07. The number of anilines is 1. The number of sulfone groups is 1. The van der Waals surface area contributed by atoms with Gasteiger partial charge in [-0.05, 0) is 39.3 Å². The van der Waals surface area contributed by atoms with E-state index in [4.69, 9.17) is 4.74 Å². The molecule has 0 amide bonds. The smallest absolute Gasteiger partial charge is 0.180 e. The van der Waals surface area contributed by atoms with Crippen LogP contribution in [-0.2, 0) is 14.6 Å². The van der Waals surface area contributed by atoms with Crippen molar-refractivity contribution in [2.45, 2.75) is 50.7 Å². The molecule has 1 N–H and O–H groups in total. The molecule has 0 aliphatic heterocycles. The normalized spacial score (nSPS) is 14.1. The topological polar surface area (TPSA) is 55.4 Å². The highest BCUT2D eigenvalue weighted by atomic mass is 32.2. The standard InChI is InChI=1S/C15H25NO3S/c1-6-20(17,18)14-10-8-7-9-13(14)16-12(2)11-15(3,4)19-5/h7-10,12,16H,6,11H2,1-5H3. The maximum Gasteiger partial charge on any atom is 0.180 e. The molecule has 0 aliphatic rings. The highest BCUT2D eigenvalue weighted by Gasteiger charge is 2.22. The Bertz CT molecular complexity index is 538. The fourth-order valence-electron chi connectivity index (χ4n) is 2.15. The van der Waals surface area contributed by atoms with Gasteiger partial charge in [-0.15, -0.1) is 0 Å². The summed E-state index contributed by atoms with van der Waals surface area (Å²) in [5, 5.41) is 3.28. The highest BCUT2D eigenvalue weighted by Crippen LogP contribution is 2.25. The van der Waals surface area contributed by atoms with E-state index in [9.17, 15) is 8.42 Å². The van der Waals surface area contributed by atoms with Crippen molar-refractivity contribution in [2.75, 3.05) is 18.2 Å². The van der Waals surface area contributed by atoms with Gasteiger partial charge < -0.3 is 10.1 Å². The van der Waals surface area contributed by atoms with Crippen molar-refractivity contribution in [1.29, 1.82) is 0 Å². The quantitative estimate of drug-likeness (QED) is 0.840. The molecule has 0 heterocycles. The van der Waals surface area contributed by atoms with Crippen molar-refractivity contribution in [2.24, 2.45) is 0 Å². The summed E-state index contributed by atoms with van der Waals surface area (Å²) in [6.07, 6.45) is 0.782. The Labute approximate surface area is 122 Å². The molecule has 1 atom stereocenters. The SMILES string of the molecule is CCS(=O)(=O)c1ccccc1NC(C)CC(C)(C)OC. The van der Waals surface area contributed by atoms with Crippen molar-refractivity contribution in [1.82, 2.24) is 0 Å². The number of nitrogens with one attached hydrogen (secondary N) is 1. The summed E-state index contributed by atoms with van der Waals surface area (Å²) in [7, 11) is -1.53. The van der Waals surface area contributed by atoms with Crippen LogP contribution in [0.4, 0.5) is 5.69 Å². The Morgan fingerprint density at radius 2 is 1.90 bits per heavy atom. The molecular weight excluding hydrogens is 274 g/mol. The molecule has 0 radical (unpaired) electrons. The first-order chi connectivity index (χ1) is 9.22. The van der Waals surface area contributed by atoms with Gasteiger partial charge in [0.1, 0.15) is 0 Å². The van der Waals surface area contributed by atoms with E-state index in [1.807, 2.05) is 26.8 Å². The summed E-state index contributed by atoms with van der Waals surface area (Å²) < 4.78 is 29.6. The molecule has 0 saturated carbocycles. The van der Waals surface area contributed by atoms with Crippen LogP contribution in [-0.4, -0.2) is 32.9 Å². The van der Waals surface area contributed by atoms with Gasteiger partial charge in [-0.25, -0.2) is 8.42 Å². The summed E-state index contributed by atoms with van der Waals surface area (Å²) in [4.78, 5) is 0.365. The van der Waals surface area contributed by atoms with E-state index in [0.717, 1.165) is 6.42 Å². The molecule has 1 aromatic rings. The van der Waals surface area contributed by atoms with E-state index in [1.165, 1.54) is 0 Å². The van der Waals surface area contributed by atoms with E-state index < -0.39 is 9.84 Å². The van der Waals surface area contributed by atoms with Gasteiger partial charge in [-0.2, -0.15) is 0 Å². The lowest BCUT2D eigenvalue weighted by Gasteiger charge is -2.28. The van der Waals surface area contributed by atoms with Gasteiger partial charge in [0.2, 0.25) is 0 Å². The van der Waals surface area contributed by atoms with Crippen LogP contribution in [0.25, 0.3) is 0 Å². The minimum absolute atomic E-state index is 0.101. The first-order valence-electron chi connectivity index (χ1n) is 6.85. The average molecular weight is 299 g/mol. The molecule has 0 saturated heterocycles. The van der Waals surface area contributed by atoms with Crippen LogP contribution in [0, 0.1) is 0 Å². The van der Waals surface area contributed by atoms with Gasteiger partial charge in [0.25, 0.3) is 0 Å². The zero-order chi connectivity index (χ0) is 15.4.